The van der Waals surface area contributed by atoms with E-state index in [1.165, 1.54) is 10.8 Å². The average Bonchev–Trinajstić information content (AvgIpc) is 2.45. The molecule has 1 aromatic carbocycles. The van der Waals surface area contributed by atoms with Crippen LogP contribution in [0.5, 0.6) is 5.75 Å². The SMILES string of the molecule is CC(C)n1oc(=O)c2c(O)cccc21. The second-order valence-corrected chi connectivity index (χ2v) is 3.47. The number of phenols is 1. The molecule has 0 bridgehead atoms. The van der Waals surface area contributed by atoms with Gasteiger partial charge < -0.3 is 9.63 Å². The molecule has 4 heteroatoms. The fourth-order valence-corrected chi connectivity index (χ4v) is 1.49. The van der Waals surface area contributed by atoms with Crippen molar-refractivity contribution in [3.05, 3.63) is 28.6 Å². The Morgan fingerprint density at radius 3 is 2.79 bits per heavy atom. The molecule has 1 heterocycles. The van der Waals surface area contributed by atoms with E-state index >= 15 is 0 Å². The van der Waals surface area contributed by atoms with Gasteiger partial charge in [0.05, 0.1) is 11.6 Å². The molecule has 4 nitrogen and oxygen atoms in total. The van der Waals surface area contributed by atoms with Gasteiger partial charge in [-0.05, 0) is 26.0 Å². The Labute approximate surface area is 80.3 Å². The van der Waals surface area contributed by atoms with Crippen molar-refractivity contribution in [3.8, 4) is 5.75 Å². The molecule has 0 unspecified atom stereocenters. The highest BCUT2D eigenvalue weighted by Gasteiger charge is 2.13. The van der Waals surface area contributed by atoms with Gasteiger partial charge in [-0.3, -0.25) is 0 Å². The monoisotopic (exact) mass is 193 g/mol. The molecule has 1 aromatic heterocycles. The van der Waals surface area contributed by atoms with Crippen LogP contribution in [-0.2, 0) is 0 Å². The number of hydrogen-bond acceptors (Lipinski definition) is 3. The lowest BCUT2D eigenvalue weighted by molar-refractivity contribution is 0.234. The van der Waals surface area contributed by atoms with Crippen molar-refractivity contribution >= 4 is 10.9 Å². The fraction of sp³-hybridized carbons (Fsp3) is 0.300. The Balaban J connectivity index is 2.91. The van der Waals surface area contributed by atoms with E-state index in [0.717, 1.165) is 0 Å². The summed E-state index contributed by atoms with van der Waals surface area (Å²) >= 11 is 0. The number of fused-ring (bicyclic) bond motifs is 1. The maximum absolute atomic E-state index is 11.4. The lowest BCUT2D eigenvalue weighted by Crippen LogP contribution is -1.99. The van der Waals surface area contributed by atoms with Crippen LogP contribution in [0.25, 0.3) is 10.9 Å². The molecule has 0 spiro atoms. The lowest BCUT2D eigenvalue weighted by atomic mass is 10.2. The number of hydrogen-bond donors (Lipinski definition) is 1. The summed E-state index contributed by atoms with van der Waals surface area (Å²) < 4.78 is 6.51. The summed E-state index contributed by atoms with van der Waals surface area (Å²) in [4.78, 5) is 11.4. The van der Waals surface area contributed by atoms with Gasteiger partial charge in [0.1, 0.15) is 11.1 Å². The zero-order valence-corrected chi connectivity index (χ0v) is 8.02. The number of phenolic OH excluding ortho intramolecular Hbond substituents is 1. The van der Waals surface area contributed by atoms with Crippen LogP contribution in [-0.4, -0.2) is 9.85 Å². The molecule has 0 fully saturated rings. The minimum Gasteiger partial charge on any atom is -0.507 e. The number of aromatic hydroxyl groups is 1. The Morgan fingerprint density at radius 2 is 2.14 bits per heavy atom. The highest BCUT2D eigenvalue weighted by molar-refractivity contribution is 5.83. The fourth-order valence-electron chi connectivity index (χ4n) is 1.49. The molecule has 0 saturated heterocycles. The normalized spacial score (nSPS) is 11.4. The first-order valence-corrected chi connectivity index (χ1v) is 4.44. The molecule has 0 aliphatic heterocycles. The van der Waals surface area contributed by atoms with Crippen molar-refractivity contribution in [2.75, 3.05) is 0 Å². The molecular formula is C10H11NO3. The summed E-state index contributed by atoms with van der Waals surface area (Å²) in [6.45, 7) is 3.82. The Morgan fingerprint density at radius 1 is 1.43 bits per heavy atom. The molecular weight excluding hydrogens is 182 g/mol. The van der Waals surface area contributed by atoms with Gasteiger partial charge in [-0.1, -0.05) is 6.07 Å². The first-order chi connectivity index (χ1) is 6.61. The van der Waals surface area contributed by atoms with E-state index in [0.29, 0.717) is 5.52 Å². The Hall–Kier alpha value is -1.71. The predicted molar refractivity (Wildman–Crippen MR) is 52.5 cm³/mol. The van der Waals surface area contributed by atoms with E-state index in [9.17, 15) is 9.90 Å². The summed E-state index contributed by atoms with van der Waals surface area (Å²) in [7, 11) is 0. The van der Waals surface area contributed by atoms with Gasteiger partial charge in [-0.15, -0.1) is 0 Å². The minimum absolute atomic E-state index is 0.0318. The van der Waals surface area contributed by atoms with Crippen molar-refractivity contribution < 1.29 is 9.63 Å². The maximum Gasteiger partial charge on any atom is 0.369 e. The van der Waals surface area contributed by atoms with Crippen molar-refractivity contribution in [2.24, 2.45) is 0 Å². The standard InChI is InChI=1S/C10H11NO3/c1-6(2)11-7-4-3-5-8(12)9(7)10(13)14-11/h3-6,12H,1-2H3. The average molecular weight is 193 g/mol. The topological polar surface area (TPSA) is 55.4 Å². The zero-order chi connectivity index (χ0) is 10.3. The molecule has 0 radical (unpaired) electrons. The van der Waals surface area contributed by atoms with Crippen LogP contribution in [0.15, 0.2) is 27.5 Å². The van der Waals surface area contributed by atoms with Crippen molar-refractivity contribution in [2.45, 2.75) is 19.9 Å². The Kier molecular flexibility index (Phi) is 1.84. The lowest BCUT2D eigenvalue weighted by Gasteiger charge is -2.04. The quantitative estimate of drug-likeness (QED) is 0.752. The highest BCUT2D eigenvalue weighted by atomic mass is 16.5. The smallest absolute Gasteiger partial charge is 0.369 e. The zero-order valence-electron chi connectivity index (χ0n) is 8.02. The Bertz CT molecular complexity index is 522. The number of benzene rings is 1. The molecule has 74 valence electrons. The molecule has 2 rings (SSSR count). The van der Waals surface area contributed by atoms with E-state index < -0.39 is 5.63 Å². The van der Waals surface area contributed by atoms with Gasteiger partial charge in [-0.2, -0.15) is 0 Å². The van der Waals surface area contributed by atoms with E-state index in [4.69, 9.17) is 4.52 Å². The van der Waals surface area contributed by atoms with E-state index in [-0.39, 0.29) is 17.2 Å². The van der Waals surface area contributed by atoms with Crippen LogP contribution in [0, 0.1) is 0 Å². The van der Waals surface area contributed by atoms with Crippen LogP contribution < -0.4 is 5.63 Å². The third-order valence-corrected chi connectivity index (χ3v) is 2.11. The molecule has 2 aromatic rings. The summed E-state index contributed by atoms with van der Waals surface area (Å²) in [5.74, 6) is -0.0318. The summed E-state index contributed by atoms with van der Waals surface area (Å²) in [6, 6.07) is 4.97. The predicted octanol–water partition coefficient (Wildman–Crippen LogP) is 1.88. The number of nitrogens with zero attached hydrogens (tertiary/aromatic N) is 1. The van der Waals surface area contributed by atoms with Gasteiger partial charge in [0.2, 0.25) is 0 Å². The van der Waals surface area contributed by atoms with E-state index in [1.807, 2.05) is 13.8 Å². The molecule has 14 heavy (non-hydrogen) atoms. The first kappa shape index (κ1) is 8.87. The van der Waals surface area contributed by atoms with Gasteiger partial charge in [0.25, 0.3) is 0 Å². The van der Waals surface area contributed by atoms with Crippen LogP contribution >= 0.6 is 0 Å². The largest absolute Gasteiger partial charge is 0.507 e. The highest BCUT2D eigenvalue weighted by Crippen LogP contribution is 2.23. The van der Waals surface area contributed by atoms with Crippen molar-refractivity contribution in [3.63, 3.8) is 0 Å². The van der Waals surface area contributed by atoms with Crippen molar-refractivity contribution in [1.29, 1.82) is 0 Å². The first-order valence-electron chi connectivity index (χ1n) is 4.44. The molecule has 0 aliphatic rings. The summed E-state index contributed by atoms with van der Waals surface area (Å²) in [5.41, 5.74) is 0.136. The van der Waals surface area contributed by atoms with Gasteiger partial charge in [0, 0.05) is 0 Å². The minimum atomic E-state index is -0.494. The molecule has 0 atom stereocenters. The summed E-state index contributed by atoms with van der Waals surface area (Å²) in [5, 5.41) is 9.72. The van der Waals surface area contributed by atoms with Crippen LogP contribution in [0.4, 0.5) is 0 Å². The second-order valence-electron chi connectivity index (χ2n) is 3.47. The molecule has 1 N–H and O–H groups in total. The van der Waals surface area contributed by atoms with Crippen LogP contribution in [0.1, 0.15) is 19.9 Å². The van der Waals surface area contributed by atoms with Crippen molar-refractivity contribution in [1.82, 2.24) is 4.74 Å². The molecule has 0 saturated carbocycles. The number of rotatable bonds is 1. The van der Waals surface area contributed by atoms with Crippen LogP contribution in [0.3, 0.4) is 0 Å². The molecule has 0 aliphatic carbocycles. The van der Waals surface area contributed by atoms with Crippen LogP contribution in [0.2, 0.25) is 0 Å². The second kappa shape index (κ2) is 2.90. The van der Waals surface area contributed by atoms with E-state index in [1.54, 1.807) is 12.1 Å². The third kappa shape index (κ3) is 1.11. The van der Waals surface area contributed by atoms with Gasteiger partial charge in [0.15, 0.2) is 0 Å². The third-order valence-electron chi connectivity index (χ3n) is 2.11. The van der Waals surface area contributed by atoms with E-state index in [2.05, 4.69) is 0 Å². The summed E-state index contributed by atoms with van der Waals surface area (Å²) in [6.07, 6.45) is 0. The van der Waals surface area contributed by atoms with Gasteiger partial charge in [-0.25, -0.2) is 9.53 Å². The van der Waals surface area contributed by atoms with Gasteiger partial charge >= 0.3 is 5.63 Å². The molecule has 0 amide bonds. The maximum atomic E-state index is 11.4. The number of aromatic nitrogens is 1.